The summed E-state index contributed by atoms with van der Waals surface area (Å²) in [6.45, 7) is 6.59. The number of rotatable bonds is 8. The minimum atomic E-state index is 0.383. The van der Waals surface area contributed by atoms with Crippen molar-refractivity contribution in [3.8, 4) is 0 Å². The number of hydrogen-bond acceptors (Lipinski definition) is 3. The van der Waals surface area contributed by atoms with E-state index in [1.807, 2.05) is 0 Å². The molecule has 1 heterocycles. The SMILES string of the molecule is CCCCNC1CC=CC=CN1NCCCC. The van der Waals surface area contributed by atoms with Crippen LogP contribution in [0, 0.1) is 0 Å². The molecule has 0 saturated carbocycles. The molecule has 0 aromatic rings. The molecule has 1 aliphatic heterocycles. The van der Waals surface area contributed by atoms with Crippen LogP contribution in [0.1, 0.15) is 46.0 Å². The first kappa shape index (κ1) is 14.3. The first-order valence-electron chi connectivity index (χ1n) is 6.97. The number of hydrogen-bond donors (Lipinski definition) is 2. The standard InChI is InChI=1S/C14H27N3/c1-3-5-11-15-14-10-8-7-9-13-17(14)16-12-6-4-2/h7-9,13-16H,3-6,10-12H2,1-2H3. The molecule has 0 spiro atoms. The highest BCUT2D eigenvalue weighted by Gasteiger charge is 2.13. The zero-order chi connectivity index (χ0) is 12.3. The minimum Gasteiger partial charge on any atom is -0.298 e. The Morgan fingerprint density at radius 3 is 2.65 bits per heavy atom. The van der Waals surface area contributed by atoms with Gasteiger partial charge in [0, 0.05) is 19.2 Å². The molecule has 0 amide bonds. The molecule has 3 heteroatoms. The van der Waals surface area contributed by atoms with Gasteiger partial charge >= 0.3 is 0 Å². The Labute approximate surface area is 106 Å². The zero-order valence-corrected chi connectivity index (χ0v) is 11.3. The fraction of sp³-hybridized carbons (Fsp3) is 0.714. The van der Waals surface area contributed by atoms with E-state index in [0.717, 1.165) is 19.5 Å². The monoisotopic (exact) mass is 237 g/mol. The van der Waals surface area contributed by atoms with Gasteiger partial charge in [-0.15, -0.1) is 0 Å². The number of nitrogens with zero attached hydrogens (tertiary/aromatic N) is 1. The van der Waals surface area contributed by atoms with Crippen molar-refractivity contribution in [1.82, 2.24) is 15.8 Å². The Morgan fingerprint density at radius 1 is 1.12 bits per heavy atom. The fourth-order valence-electron chi connectivity index (χ4n) is 1.82. The fourth-order valence-corrected chi connectivity index (χ4v) is 1.82. The molecule has 0 fully saturated rings. The van der Waals surface area contributed by atoms with Gasteiger partial charge in [0.15, 0.2) is 0 Å². The van der Waals surface area contributed by atoms with Crippen molar-refractivity contribution in [3.63, 3.8) is 0 Å². The maximum absolute atomic E-state index is 3.60. The predicted molar refractivity (Wildman–Crippen MR) is 74.3 cm³/mol. The lowest BCUT2D eigenvalue weighted by atomic mass is 10.3. The van der Waals surface area contributed by atoms with E-state index in [-0.39, 0.29) is 0 Å². The Hall–Kier alpha value is -0.800. The summed E-state index contributed by atoms with van der Waals surface area (Å²) in [5.74, 6) is 0. The third kappa shape index (κ3) is 5.89. The summed E-state index contributed by atoms with van der Waals surface area (Å²) >= 11 is 0. The van der Waals surface area contributed by atoms with Crippen LogP contribution in [0.25, 0.3) is 0 Å². The van der Waals surface area contributed by atoms with Gasteiger partial charge in [-0.05, 0) is 25.5 Å². The number of allylic oxidation sites excluding steroid dienone is 2. The third-order valence-electron chi connectivity index (χ3n) is 2.92. The summed E-state index contributed by atoms with van der Waals surface area (Å²) in [6.07, 6.45) is 14.9. The Bertz CT molecular complexity index is 236. The van der Waals surface area contributed by atoms with Crippen molar-refractivity contribution in [1.29, 1.82) is 0 Å². The van der Waals surface area contributed by atoms with E-state index in [2.05, 4.69) is 54.0 Å². The van der Waals surface area contributed by atoms with Crippen LogP contribution in [-0.4, -0.2) is 24.3 Å². The highest BCUT2D eigenvalue weighted by Crippen LogP contribution is 2.06. The molecule has 0 aromatic carbocycles. The molecule has 3 nitrogen and oxygen atoms in total. The Kier molecular flexibility index (Phi) is 7.76. The van der Waals surface area contributed by atoms with Gasteiger partial charge < -0.3 is 0 Å². The molecule has 0 bridgehead atoms. The average molecular weight is 237 g/mol. The molecular weight excluding hydrogens is 210 g/mol. The van der Waals surface area contributed by atoms with Crippen molar-refractivity contribution < 1.29 is 0 Å². The molecule has 1 atom stereocenters. The minimum absolute atomic E-state index is 0.383. The molecule has 0 saturated heterocycles. The number of hydrazine groups is 1. The van der Waals surface area contributed by atoms with Crippen molar-refractivity contribution in [2.75, 3.05) is 13.1 Å². The highest BCUT2D eigenvalue weighted by molar-refractivity contribution is 5.06. The second kappa shape index (κ2) is 9.25. The molecule has 1 rings (SSSR count). The van der Waals surface area contributed by atoms with Crippen LogP contribution >= 0.6 is 0 Å². The van der Waals surface area contributed by atoms with E-state index < -0.39 is 0 Å². The predicted octanol–water partition coefficient (Wildman–Crippen LogP) is 2.78. The maximum atomic E-state index is 3.60. The third-order valence-corrected chi connectivity index (χ3v) is 2.92. The van der Waals surface area contributed by atoms with E-state index in [0.29, 0.717) is 6.17 Å². The largest absolute Gasteiger partial charge is 0.298 e. The van der Waals surface area contributed by atoms with Gasteiger partial charge in [-0.3, -0.25) is 10.3 Å². The summed E-state index contributed by atoms with van der Waals surface area (Å²) in [7, 11) is 0. The molecule has 1 aliphatic rings. The molecule has 0 aliphatic carbocycles. The van der Waals surface area contributed by atoms with Gasteiger partial charge in [-0.2, -0.15) is 0 Å². The topological polar surface area (TPSA) is 27.3 Å². The van der Waals surface area contributed by atoms with Crippen LogP contribution in [-0.2, 0) is 0 Å². The van der Waals surface area contributed by atoms with Crippen LogP contribution in [0.2, 0.25) is 0 Å². The molecular formula is C14H27N3. The van der Waals surface area contributed by atoms with Crippen molar-refractivity contribution in [3.05, 3.63) is 24.4 Å². The number of nitrogens with one attached hydrogen (secondary N) is 2. The van der Waals surface area contributed by atoms with Crippen LogP contribution in [0.3, 0.4) is 0 Å². The summed E-state index contributed by atoms with van der Waals surface area (Å²) in [5, 5.41) is 5.81. The van der Waals surface area contributed by atoms with Gasteiger partial charge in [0.05, 0.1) is 6.17 Å². The Balaban J connectivity index is 2.37. The first-order chi connectivity index (χ1) is 8.38. The smallest absolute Gasteiger partial charge is 0.0976 e. The van der Waals surface area contributed by atoms with Crippen LogP contribution in [0.15, 0.2) is 24.4 Å². The lowest BCUT2D eigenvalue weighted by Crippen LogP contribution is -2.49. The lowest BCUT2D eigenvalue weighted by molar-refractivity contribution is 0.165. The molecule has 17 heavy (non-hydrogen) atoms. The van der Waals surface area contributed by atoms with E-state index >= 15 is 0 Å². The molecule has 1 unspecified atom stereocenters. The summed E-state index contributed by atoms with van der Waals surface area (Å²) in [4.78, 5) is 0. The quantitative estimate of drug-likeness (QED) is 0.636. The lowest BCUT2D eigenvalue weighted by Gasteiger charge is -2.30. The van der Waals surface area contributed by atoms with Gasteiger partial charge in [-0.1, -0.05) is 38.8 Å². The summed E-state index contributed by atoms with van der Waals surface area (Å²) in [6, 6.07) is 0. The molecule has 0 radical (unpaired) electrons. The van der Waals surface area contributed by atoms with Gasteiger partial charge in [0.25, 0.3) is 0 Å². The van der Waals surface area contributed by atoms with Crippen LogP contribution in [0.5, 0.6) is 0 Å². The average Bonchev–Trinajstić information content (AvgIpc) is 2.56. The molecule has 2 N–H and O–H groups in total. The first-order valence-corrected chi connectivity index (χ1v) is 6.97. The van der Waals surface area contributed by atoms with E-state index in [9.17, 15) is 0 Å². The van der Waals surface area contributed by atoms with Crippen molar-refractivity contribution >= 4 is 0 Å². The normalized spacial score (nSPS) is 19.6. The second-order valence-corrected chi connectivity index (χ2v) is 4.50. The van der Waals surface area contributed by atoms with Gasteiger partial charge in [-0.25, -0.2) is 5.43 Å². The van der Waals surface area contributed by atoms with Crippen molar-refractivity contribution in [2.45, 2.75) is 52.1 Å². The van der Waals surface area contributed by atoms with Crippen molar-refractivity contribution in [2.24, 2.45) is 0 Å². The second-order valence-electron chi connectivity index (χ2n) is 4.50. The Morgan fingerprint density at radius 2 is 1.88 bits per heavy atom. The van der Waals surface area contributed by atoms with Crippen LogP contribution < -0.4 is 10.7 Å². The van der Waals surface area contributed by atoms with E-state index in [1.165, 1.54) is 25.7 Å². The summed E-state index contributed by atoms with van der Waals surface area (Å²) in [5.41, 5.74) is 3.48. The molecule has 98 valence electrons. The van der Waals surface area contributed by atoms with E-state index in [4.69, 9.17) is 0 Å². The molecule has 0 aromatic heterocycles. The van der Waals surface area contributed by atoms with Gasteiger partial charge in [0.1, 0.15) is 0 Å². The summed E-state index contributed by atoms with van der Waals surface area (Å²) < 4.78 is 0. The number of unbranched alkanes of at least 4 members (excludes halogenated alkanes) is 2. The van der Waals surface area contributed by atoms with Gasteiger partial charge in [0.2, 0.25) is 0 Å². The highest BCUT2D eigenvalue weighted by atomic mass is 15.5. The zero-order valence-electron chi connectivity index (χ0n) is 11.3. The van der Waals surface area contributed by atoms with E-state index in [1.54, 1.807) is 0 Å². The van der Waals surface area contributed by atoms with Crippen LogP contribution in [0.4, 0.5) is 0 Å². The maximum Gasteiger partial charge on any atom is 0.0976 e.